The van der Waals surface area contributed by atoms with Gasteiger partial charge in [0.2, 0.25) is 0 Å². The van der Waals surface area contributed by atoms with Crippen LogP contribution in [0.4, 0.5) is 4.79 Å². The van der Waals surface area contributed by atoms with Gasteiger partial charge in [-0.05, 0) is 32.0 Å². The molecule has 0 aromatic carbocycles. The fourth-order valence-corrected chi connectivity index (χ4v) is 3.44. The normalized spacial score (nSPS) is 16.7. The van der Waals surface area contributed by atoms with Crippen LogP contribution >= 0.6 is 0 Å². The number of urea groups is 1. The number of carbonyl (C=O) groups excluding carboxylic acids is 1. The number of aryl methyl sites for hydroxylation is 2. The van der Waals surface area contributed by atoms with E-state index < -0.39 is 0 Å². The van der Waals surface area contributed by atoms with Gasteiger partial charge >= 0.3 is 6.03 Å². The predicted molar refractivity (Wildman–Crippen MR) is 102 cm³/mol. The highest BCUT2D eigenvalue weighted by Crippen LogP contribution is 2.19. The molecule has 1 aliphatic rings. The molecule has 1 unspecified atom stereocenters. The summed E-state index contributed by atoms with van der Waals surface area (Å²) in [5, 5.41) is 3.01. The van der Waals surface area contributed by atoms with Crippen LogP contribution in [0.15, 0.2) is 42.7 Å². The van der Waals surface area contributed by atoms with Gasteiger partial charge in [0, 0.05) is 37.1 Å². The lowest BCUT2D eigenvalue weighted by molar-refractivity contribution is 0.186. The van der Waals surface area contributed by atoms with Crippen LogP contribution in [-0.2, 0) is 6.54 Å². The molecule has 3 aromatic rings. The van der Waals surface area contributed by atoms with Gasteiger partial charge in [-0.3, -0.25) is 4.98 Å². The first-order valence-electron chi connectivity index (χ1n) is 9.15. The van der Waals surface area contributed by atoms with Crippen LogP contribution in [0.2, 0.25) is 0 Å². The molecular weight excluding hydrogens is 342 g/mol. The molecule has 27 heavy (non-hydrogen) atoms. The first kappa shape index (κ1) is 17.3. The van der Waals surface area contributed by atoms with Crippen LogP contribution < -0.4 is 10.1 Å². The summed E-state index contributed by atoms with van der Waals surface area (Å²) < 4.78 is 8.00. The Morgan fingerprint density at radius 2 is 2.22 bits per heavy atom. The number of nitrogens with one attached hydrogen (secondary N) is 1. The van der Waals surface area contributed by atoms with Gasteiger partial charge in [-0.2, -0.15) is 0 Å². The van der Waals surface area contributed by atoms with E-state index in [4.69, 9.17) is 4.74 Å². The standard InChI is InChI=1S/C20H23N5O2/c1-14-11-16(6-8-21-14)27-17-7-10-24(13-17)20(26)22-12-18-15(2)23-19-5-3-4-9-25(18)19/h3-6,8-9,11,17H,7,10,12-13H2,1-2H3,(H,22,26). The Morgan fingerprint density at radius 3 is 3.07 bits per heavy atom. The summed E-state index contributed by atoms with van der Waals surface area (Å²) in [7, 11) is 0. The van der Waals surface area contributed by atoms with Gasteiger partial charge < -0.3 is 19.4 Å². The number of hydrogen-bond donors (Lipinski definition) is 1. The molecule has 7 nitrogen and oxygen atoms in total. The third-order valence-corrected chi connectivity index (χ3v) is 4.84. The summed E-state index contributed by atoms with van der Waals surface area (Å²) in [6.07, 6.45) is 4.54. The predicted octanol–water partition coefficient (Wildman–Crippen LogP) is 2.71. The van der Waals surface area contributed by atoms with Crippen LogP contribution in [0, 0.1) is 13.8 Å². The minimum Gasteiger partial charge on any atom is -0.488 e. The zero-order valence-electron chi connectivity index (χ0n) is 15.6. The second-order valence-electron chi connectivity index (χ2n) is 6.84. The van der Waals surface area contributed by atoms with E-state index in [9.17, 15) is 4.79 Å². The van der Waals surface area contributed by atoms with E-state index in [0.29, 0.717) is 19.6 Å². The van der Waals surface area contributed by atoms with E-state index in [1.165, 1.54) is 0 Å². The average molecular weight is 365 g/mol. The number of ether oxygens (including phenoxy) is 1. The summed E-state index contributed by atoms with van der Waals surface area (Å²) in [5.41, 5.74) is 3.74. The maximum Gasteiger partial charge on any atom is 0.317 e. The molecule has 1 saturated heterocycles. The molecular formula is C20H23N5O2. The van der Waals surface area contributed by atoms with Crippen molar-refractivity contribution in [3.8, 4) is 5.75 Å². The smallest absolute Gasteiger partial charge is 0.317 e. The van der Waals surface area contributed by atoms with E-state index in [1.54, 1.807) is 11.1 Å². The van der Waals surface area contributed by atoms with Crippen LogP contribution in [-0.4, -0.2) is 44.5 Å². The van der Waals surface area contributed by atoms with Crippen molar-refractivity contribution in [1.82, 2.24) is 24.6 Å². The molecule has 1 aliphatic heterocycles. The molecule has 0 aliphatic carbocycles. The van der Waals surface area contributed by atoms with Gasteiger partial charge in [0.15, 0.2) is 0 Å². The van der Waals surface area contributed by atoms with E-state index in [-0.39, 0.29) is 12.1 Å². The topological polar surface area (TPSA) is 71.8 Å². The zero-order chi connectivity index (χ0) is 18.8. The Labute approximate surface area is 158 Å². The molecule has 0 bridgehead atoms. The van der Waals surface area contributed by atoms with Crippen molar-refractivity contribution in [2.45, 2.75) is 32.9 Å². The Kier molecular flexibility index (Phi) is 4.66. The molecule has 0 radical (unpaired) electrons. The molecule has 2 amide bonds. The molecule has 140 valence electrons. The van der Waals surface area contributed by atoms with Crippen LogP contribution in [0.1, 0.15) is 23.5 Å². The number of nitrogens with zero attached hydrogens (tertiary/aromatic N) is 4. The second-order valence-corrected chi connectivity index (χ2v) is 6.84. The highest BCUT2D eigenvalue weighted by Gasteiger charge is 2.27. The third kappa shape index (κ3) is 3.72. The SMILES string of the molecule is Cc1cc(OC2CCN(C(=O)NCc3c(C)nc4ccccn34)C2)ccn1. The summed E-state index contributed by atoms with van der Waals surface area (Å²) in [5.74, 6) is 0.802. The number of rotatable bonds is 4. The molecule has 3 aromatic heterocycles. The van der Waals surface area contributed by atoms with Crippen LogP contribution in [0.25, 0.3) is 5.65 Å². The van der Waals surface area contributed by atoms with E-state index >= 15 is 0 Å². The first-order chi connectivity index (χ1) is 13.1. The maximum absolute atomic E-state index is 12.6. The monoisotopic (exact) mass is 365 g/mol. The molecule has 7 heteroatoms. The number of likely N-dealkylation sites (tertiary alicyclic amines) is 1. The van der Waals surface area contributed by atoms with Crippen LogP contribution in [0.3, 0.4) is 0 Å². The van der Waals surface area contributed by atoms with Gasteiger partial charge in [0.1, 0.15) is 17.5 Å². The number of aromatic nitrogens is 3. The van der Waals surface area contributed by atoms with Gasteiger partial charge in [0.05, 0.1) is 24.5 Å². The third-order valence-electron chi connectivity index (χ3n) is 4.84. The van der Waals surface area contributed by atoms with Crippen molar-refractivity contribution < 1.29 is 9.53 Å². The van der Waals surface area contributed by atoms with Crippen molar-refractivity contribution in [2.75, 3.05) is 13.1 Å². The van der Waals surface area contributed by atoms with Gasteiger partial charge in [-0.15, -0.1) is 0 Å². The molecule has 0 saturated carbocycles. The summed E-state index contributed by atoms with van der Waals surface area (Å²) in [4.78, 5) is 23.1. The molecule has 4 rings (SSSR count). The minimum atomic E-state index is -0.0720. The molecule has 1 N–H and O–H groups in total. The molecule has 0 spiro atoms. The number of fused-ring (bicyclic) bond motifs is 1. The van der Waals surface area contributed by atoms with Gasteiger partial charge in [0.25, 0.3) is 0 Å². The Hall–Kier alpha value is -3.09. The van der Waals surface area contributed by atoms with E-state index in [0.717, 1.165) is 34.9 Å². The highest BCUT2D eigenvalue weighted by molar-refractivity contribution is 5.74. The number of hydrogen-bond acceptors (Lipinski definition) is 4. The Balaban J connectivity index is 1.34. The van der Waals surface area contributed by atoms with Crippen molar-refractivity contribution in [3.05, 3.63) is 59.8 Å². The lowest BCUT2D eigenvalue weighted by Crippen LogP contribution is -2.39. The lowest BCUT2D eigenvalue weighted by Gasteiger charge is -2.18. The Morgan fingerprint density at radius 1 is 1.33 bits per heavy atom. The highest BCUT2D eigenvalue weighted by atomic mass is 16.5. The summed E-state index contributed by atoms with van der Waals surface area (Å²) in [6.45, 7) is 5.61. The minimum absolute atomic E-state index is 0.00934. The fourth-order valence-electron chi connectivity index (χ4n) is 3.44. The second kappa shape index (κ2) is 7.26. The zero-order valence-corrected chi connectivity index (χ0v) is 15.6. The van der Waals surface area contributed by atoms with Crippen molar-refractivity contribution in [3.63, 3.8) is 0 Å². The van der Waals surface area contributed by atoms with Crippen LogP contribution in [0.5, 0.6) is 5.75 Å². The van der Waals surface area contributed by atoms with Crippen molar-refractivity contribution in [1.29, 1.82) is 0 Å². The van der Waals surface area contributed by atoms with Gasteiger partial charge in [-0.25, -0.2) is 9.78 Å². The first-order valence-corrected chi connectivity index (χ1v) is 9.15. The van der Waals surface area contributed by atoms with Crippen molar-refractivity contribution in [2.24, 2.45) is 0 Å². The number of carbonyl (C=O) groups is 1. The summed E-state index contributed by atoms with van der Waals surface area (Å²) in [6, 6.07) is 9.57. The van der Waals surface area contributed by atoms with E-state index in [1.807, 2.05) is 54.8 Å². The maximum atomic E-state index is 12.6. The number of pyridine rings is 2. The van der Waals surface area contributed by atoms with Crippen molar-refractivity contribution >= 4 is 11.7 Å². The lowest BCUT2D eigenvalue weighted by atomic mass is 10.3. The number of amides is 2. The van der Waals surface area contributed by atoms with E-state index in [2.05, 4.69) is 15.3 Å². The molecule has 1 fully saturated rings. The Bertz CT molecular complexity index is 968. The number of imidazole rings is 1. The largest absolute Gasteiger partial charge is 0.488 e. The summed E-state index contributed by atoms with van der Waals surface area (Å²) >= 11 is 0. The molecule has 4 heterocycles. The molecule has 1 atom stereocenters. The fraction of sp³-hybridized carbons (Fsp3) is 0.350. The average Bonchev–Trinajstić information content (AvgIpc) is 3.23. The van der Waals surface area contributed by atoms with Gasteiger partial charge in [-0.1, -0.05) is 6.07 Å². The quantitative estimate of drug-likeness (QED) is 0.772.